The van der Waals surface area contributed by atoms with Crippen molar-refractivity contribution >= 4 is 26.7 Å². The van der Waals surface area contributed by atoms with Crippen molar-refractivity contribution in [2.45, 2.75) is 18.7 Å². The molecule has 1 amide bonds. The summed E-state index contributed by atoms with van der Waals surface area (Å²) in [6.45, 7) is 4.10. The molecule has 7 heteroatoms. The number of benzene rings is 3. The van der Waals surface area contributed by atoms with E-state index >= 15 is 0 Å². The average Bonchev–Trinajstić information content (AvgIpc) is 2.72. The number of fused-ring (bicyclic) bond motifs is 1. The van der Waals surface area contributed by atoms with Crippen LogP contribution in [0.2, 0.25) is 0 Å². The van der Waals surface area contributed by atoms with Crippen molar-refractivity contribution in [3.63, 3.8) is 0 Å². The Balaban J connectivity index is 1.67. The molecule has 3 rings (SSSR count). The second-order valence-electron chi connectivity index (χ2n) is 6.71. The number of nitrogens with one attached hydrogen (secondary N) is 2. The number of sulfonamides is 1. The molecule has 0 saturated carbocycles. The third kappa shape index (κ3) is 4.58. The van der Waals surface area contributed by atoms with Crippen molar-refractivity contribution in [2.24, 2.45) is 0 Å². The van der Waals surface area contributed by atoms with Gasteiger partial charge < -0.3 is 10.1 Å². The highest BCUT2D eigenvalue weighted by Gasteiger charge is 2.19. The monoisotopic (exact) mass is 412 g/mol. The van der Waals surface area contributed by atoms with Crippen LogP contribution in [0.4, 0.5) is 0 Å². The fourth-order valence-corrected chi connectivity index (χ4v) is 4.16. The Labute approximate surface area is 170 Å². The summed E-state index contributed by atoms with van der Waals surface area (Å²) in [5, 5.41) is 4.88. The minimum Gasteiger partial charge on any atom is -0.491 e. The summed E-state index contributed by atoms with van der Waals surface area (Å²) >= 11 is 0. The van der Waals surface area contributed by atoms with Gasteiger partial charge in [-0.3, -0.25) is 4.79 Å². The van der Waals surface area contributed by atoms with Crippen molar-refractivity contribution in [1.82, 2.24) is 10.0 Å². The lowest BCUT2D eigenvalue weighted by Gasteiger charge is -2.13. The van der Waals surface area contributed by atoms with Crippen LogP contribution < -0.4 is 14.8 Å². The molecule has 0 aliphatic heterocycles. The summed E-state index contributed by atoms with van der Waals surface area (Å²) in [6, 6.07) is 16.8. The molecule has 0 heterocycles. The van der Waals surface area contributed by atoms with Crippen LogP contribution in [0.3, 0.4) is 0 Å². The maximum atomic E-state index is 12.5. The second kappa shape index (κ2) is 8.63. The number of ether oxygens (including phenoxy) is 1. The topological polar surface area (TPSA) is 84.5 Å². The van der Waals surface area contributed by atoms with E-state index in [0.29, 0.717) is 24.3 Å². The number of carbonyl (C=O) groups is 1. The molecule has 152 valence electrons. The maximum Gasteiger partial charge on any atom is 0.251 e. The summed E-state index contributed by atoms with van der Waals surface area (Å²) < 4.78 is 32.5. The largest absolute Gasteiger partial charge is 0.491 e. The number of hydrogen-bond donors (Lipinski definition) is 2. The predicted molar refractivity (Wildman–Crippen MR) is 114 cm³/mol. The van der Waals surface area contributed by atoms with Gasteiger partial charge in [-0.25, -0.2) is 13.1 Å². The molecule has 0 atom stereocenters. The van der Waals surface area contributed by atoms with Gasteiger partial charge in [0.15, 0.2) is 0 Å². The van der Waals surface area contributed by atoms with E-state index in [1.54, 1.807) is 19.9 Å². The zero-order valence-corrected chi connectivity index (χ0v) is 17.5. The van der Waals surface area contributed by atoms with Crippen molar-refractivity contribution < 1.29 is 17.9 Å². The van der Waals surface area contributed by atoms with E-state index in [2.05, 4.69) is 10.0 Å². The molecular weight excluding hydrogens is 388 g/mol. The third-order valence-corrected chi connectivity index (χ3v) is 6.38. The summed E-state index contributed by atoms with van der Waals surface area (Å²) in [7, 11) is -2.30. The fourth-order valence-electron chi connectivity index (χ4n) is 3.10. The lowest BCUT2D eigenvalue weighted by molar-refractivity contribution is 0.0947. The highest BCUT2D eigenvalue weighted by Crippen LogP contribution is 2.25. The molecule has 3 aromatic rings. The molecule has 0 radical (unpaired) electrons. The van der Waals surface area contributed by atoms with Gasteiger partial charge in [0.05, 0.1) is 11.4 Å². The zero-order valence-electron chi connectivity index (χ0n) is 16.7. The van der Waals surface area contributed by atoms with Crippen LogP contribution in [0.25, 0.3) is 10.8 Å². The summed E-state index contributed by atoms with van der Waals surface area (Å²) in [5.41, 5.74) is 1.65. The molecule has 0 unspecified atom stereocenters. The van der Waals surface area contributed by atoms with Gasteiger partial charge in [-0.05, 0) is 55.6 Å². The van der Waals surface area contributed by atoms with Crippen LogP contribution in [0.1, 0.15) is 21.5 Å². The van der Waals surface area contributed by atoms with Gasteiger partial charge in [-0.2, -0.15) is 0 Å². The van der Waals surface area contributed by atoms with Gasteiger partial charge in [0.1, 0.15) is 12.4 Å². The van der Waals surface area contributed by atoms with Crippen LogP contribution in [0, 0.1) is 13.8 Å². The van der Waals surface area contributed by atoms with E-state index < -0.39 is 10.0 Å². The normalized spacial score (nSPS) is 11.4. The van der Waals surface area contributed by atoms with Crippen LogP contribution in [-0.2, 0) is 10.0 Å². The number of aryl methyl sites for hydroxylation is 1. The lowest BCUT2D eigenvalue weighted by Crippen LogP contribution is -2.29. The molecule has 0 bridgehead atoms. The van der Waals surface area contributed by atoms with Crippen molar-refractivity contribution in [3.05, 3.63) is 71.3 Å². The highest BCUT2D eigenvalue weighted by molar-refractivity contribution is 7.89. The minimum absolute atomic E-state index is 0.108. The number of rotatable bonds is 7. The Kier molecular flexibility index (Phi) is 6.20. The first-order chi connectivity index (χ1) is 13.8. The van der Waals surface area contributed by atoms with Crippen molar-refractivity contribution in [2.75, 3.05) is 20.2 Å². The molecule has 0 aromatic heterocycles. The van der Waals surface area contributed by atoms with Crippen LogP contribution >= 0.6 is 0 Å². The number of amides is 1. The van der Waals surface area contributed by atoms with Crippen molar-refractivity contribution in [3.8, 4) is 5.75 Å². The second-order valence-corrected chi connectivity index (χ2v) is 8.56. The first-order valence-corrected chi connectivity index (χ1v) is 10.8. The molecule has 0 aliphatic carbocycles. The van der Waals surface area contributed by atoms with Gasteiger partial charge in [-0.15, -0.1) is 0 Å². The lowest BCUT2D eigenvalue weighted by atomic mass is 10.1. The van der Waals surface area contributed by atoms with Gasteiger partial charge in [0.2, 0.25) is 10.0 Å². The molecule has 2 N–H and O–H groups in total. The Morgan fingerprint density at radius 3 is 2.52 bits per heavy atom. The molecule has 0 aliphatic rings. The molecule has 0 saturated heterocycles. The van der Waals surface area contributed by atoms with E-state index in [9.17, 15) is 13.2 Å². The Hall–Kier alpha value is -2.90. The van der Waals surface area contributed by atoms with Gasteiger partial charge >= 0.3 is 0 Å². The SMILES string of the molecule is CNS(=O)(=O)c1cc(C(=O)NCCOc2cccc3ccccc23)cc(C)c1C. The molecule has 29 heavy (non-hydrogen) atoms. The number of hydrogen-bond acceptors (Lipinski definition) is 4. The molecule has 0 fully saturated rings. The quantitative estimate of drug-likeness (QED) is 0.584. The Bertz CT molecular complexity index is 1150. The van der Waals surface area contributed by atoms with Gasteiger partial charge in [-0.1, -0.05) is 36.4 Å². The smallest absolute Gasteiger partial charge is 0.251 e. The maximum absolute atomic E-state index is 12.5. The predicted octanol–water partition coefficient (Wildman–Crippen LogP) is 3.17. The zero-order chi connectivity index (χ0) is 21.0. The van der Waals surface area contributed by atoms with Gasteiger partial charge in [0, 0.05) is 10.9 Å². The highest BCUT2D eigenvalue weighted by atomic mass is 32.2. The molecule has 3 aromatic carbocycles. The van der Waals surface area contributed by atoms with E-state index in [0.717, 1.165) is 22.1 Å². The average molecular weight is 413 g/mol. The summed E-state index contributed by atoms with van der Waals surface area (Å²) in [5.74, 6) is 0.410. The van der Waals surface area contributed by atoms with Crippen LogP contribution in [0.5, 0.6) is 5.75 Å². The summed E-state index contributed by atoms with van der Waals surface area (Å²) in [4.78, 5) is 12.6. The van der Waals surface area contributed by atoms with E-state index in [1.807, 2.05) is 42.5 Å². The van der Waals surface area contributed by atoms with E-state index in [1.165, 1.54) is 13.1 Å². The summed E-state index contributed by atoms with van der Waals surface area (Å²) in [6.07, 6.45) is 0. The molecule has 0 spiro atoms. The Morgan fingerprint density at radius 1 is 1.03 bits per heavy atom. The Morgan fingerprint density at radius 2 is 1.76 bits per heavy atom. The van der Waals surface area contributed by atoms with Gasteiger partial charge in [0.25, 0.3) is 5.91 Å². The van der Waals surface area contributed by atoms with E-state index in [4.69, 9.17) is 4.74 Å². The molecular formula is C22H24N2O4S. The van der Waals surface area contributed by atoms with E-state index in [-0.39, 0.29) is 10.8 Å². The van der Waals surface area contributed by atoms with Crippen LogP contribution in [-0.4, -0.2) is 34.5 Å². The first kappa shape index (κ1) is 20.8. The van der Waals surface area contributed by atoms with Crippen molar-refractivity contribution in [1.29, 1.82) is 0 Å². The minimum atomic E-state index is -3.64. The van der Waals surface area contributed by atoms with Crippen LogP contribution in [0.15, 0.2) is 59.5 Å². The number of carbonyl (C=O) groups excluding carboxylic acids is 1. The fraction of sp³-hybridized carbons (Fsp3) is 0.227. The standard InChI is InChI=1S/C22H24N2O4S/c1-15-13-18(14-21(16(15)2)29(26,27)23-3)22(25)24-11-12-28-20-10-6-8-17-7-4-5-9-19(17)20/h4-10,13-14,23H,11-12H2,1-3H3,(H,24,25). The third-order valence-electron chi connectivity index (χ3n) is 4.83. The molecule has 6 nitrogen and oxygen atoms in total. The first-order valence-electron chi connectivity index (χ1n) is 9.27.